The Bertz CT molecular complexity index is 385. The molecule has 0 aliphatic rings. The molecular weight excluding hydrogens is 247 g/mol. The number of hydrogen-bond acceptors (Lipinski definition) is 3. The van der Waals surface area contributed by atoms with Crippen molar-refractivity contribution < 1.29 is 29.0 Å². The van der Waals surface area contributed by atoms with Crippen LogP contribution in [-0.4, -0.2) is 32.3 Å². The van der Waals surface area contributed by atoms with Gasteiger partial charge >= 0.3 is 13.6 Å². The molecule has 0 amide bonds. The Labute approximate surface area is 99.2 Å². The van der Waals surface area contributed by atoms with Gasteiger partial charge in [-0.3, -0.25) is 14.2 Å². The van der Waals surface area contributed by atoms with E-state index in [4.69, 9.17) is 14.9 Å². The second kappa shape index (κ2) is 7.23. The molecule has 0 spiro atoms. The van der Waals surface area contributed by atoms with E-state index in [1.165, 1.54) is 0 Å². The lowest BCUT2D eigenvalue weighted by atomic mass is 10.2. The lowest BCUT2D eigenvalue weighted by molar-refractivity contribution is -0.137. The Morgan fingerprint density at radius 3 is 2.29 bits per heavy atom. The van der Waals surface area contributed by atoms with Crippen LogP contribution < -0.4 is 0 Å². The smallest absolute Gasteiger partial charge is 0.336 e. The van der Waals surface area contributed by atoms with Gasteiger partial charge in [0.05, 0.1) is 0 Å². The third-order valence-corrected chi connectivity index (χ3v) is 3.35. The van der Waals surface area contributed by atoms with Gasteiger partial charge in [0.2, 0.25) is 0 Å². The summed E-state index contributed by atoms with van der Waals surface area (Å²) in [4.78, 5) is 38.9. The fourth-order valence-electron chi connectivity index (χ4n) is 1.08. The van der Waals surface area contributed by atoms with Crippen LogP contribution in [0.15, 0.2) is 0 Å². The van der Waals surface area contributed by atoms with Crippen LogP contribution in [0.1, 0.15) is 32.6 Å². The van der Waals surface area contributed by atoms with Gasteiger partial charge in [-0.25, -0.2) is 0 Å². The van der Waals surface area contributed by atoms with E-state index >= 15 is 0 Å². The monoisotopic (exact) mass is 262 g/mol. The third kappa shape index (κ3) is 7.70. The van der Waals surface area contributed by atoms with Gasteiger partial charge in [0.15, 0.2) is 0 Å². The molecule has 0 fully saturated rings. The van der Waals surface area contributed by atoms with Crippen molar-refractivity contribution in [2.24, 2.45) is 0 Å². The van der Waals surface area contributed by atoms with Gasteiger partial charge in [-0.2, -0.15) is 0 Å². The highest BCUT2D eigenvalue weighted by Gasteiger charge is 2.31. The highest BCUT2D eigenvalue weighted by molar-refractivity contribution is 7.53. The summed E-state index contributed by atoms with van der Waals surface area (Å²) in [5, 5.41) is 8.34. The molecule has 6 nitrogen and oxygen atoms in total. The molecule has 0 aliphatic heterocycles. The number of ketones is 1. The molecule has 0 aromatic heterocycles. The summed E-state index contributed by atoms with van der Waals surface area (Å²) in [6, 6.07) is 0. The standard InChI is InChI=1S/C10H15O6P/c1-8(11)9(17(14,15)16)6-4-2-3-5-7-10(12)13/h9H,3,5-7H2,1H3,(H,12,13)(H2,14,15,16). The topological polar surface area (TPSA) is 112 Å². The number of rotatable bonds is 6. The van der Waals surface area contributed by atoms with Crippen molar-refractivity contribution in [3.63, 3.8) is 0 Å². The largest absolute Gasteiger partial charge is 0.481 e. The van der Waals surface area contributed by atoms with Crippen molar-refractivity contribution in [2.75, 3.05) is 0 Å². The van der Waals surface area contributed by atoms with Crippen molar-refractivity contribution in [2.45, 2.75) is 38.3 Å². The van der Waals surface area contributed by atoms with E-state index in [1.54, 1.807) is 0 Å². The number of aliphatic carboxylic acids is 1. The summed E-state index contributed by atoms with van der Waals surface area (Å²) in [6.45, 7) is 1.11. The quantitative estimate of drug-likeness (QED) is 0.370. The molecule has 7 heteroatoms. The van der Waals surface area contributed by atoms with Crippen LogP contribution in [0.2, 0.25) is 0 Å². The first-order valence-corrected chi connectivity index (χ1v) is 6.66. The third-order valence-electron chi connectivity index (χ3n) is 1.99. The zero-order valence-electron chi connectivity index (χ0n) is 9.42. The van der Waals surface area contributed by atoms with Crippen LogP contribution in [0.4, 0.5) is 0 Å². The first-order chi connectivity index (χ1) is 7.75. The molecule has 3 N–H and O–H groups in total. The second-order valence-corrected chi connectivity index (χ2v) is 5.32. The lowest BCUT2D eigenvalue weighted by Crippen LogP contribution is -2.17. The fraction of sp³-hybridized carbons (Fsp3) is 0.600. The normalized spacial score (nSPS) is 12.4. The molecule has 0 aromatic rings. The van der Waals surface area contributed by atoms with E-state index in [0.29, 0.717) is 12.8 Å². The Balaban J connectivity index is 4.16. The molecule has 1 unspecified atom stereocenters. The summed E-state index contributed by atoms with van der Waals surface area (Å²) < 4.78 is 10.9. The molecule has 96 valence electrons. The van der Waals surface area contributed by atoms with Crippen LogP contribution in [-0.2, 0) is 14.2 Å². The molecular formula is C10H15O6P. The minimum absolute atomic E-state index is 0.00328. The van der Waals surface area contributed by atoms with Crippen molar-refractivity contribution in [3.05, 3.63) is 0 Å². The minimum atomic E-state index is -4.45. The summed E-state index contributed by atoms with van der Waals surface area (Å²) in [5.41, 5.74) is -1.38. The van der Waals surface area contributed by atoms with Gasteiger partial charge < -0.3 is 14.9 Å². The fourth-order valence-corrected chi connectivity index (χ4v) is 1.89. The summed E-state index contributed by atoms with van der Waals surface area (Å²) >= 11 is 0. The molecule has 0 aliphatic carbocycles. The van der Waals surface area contributed by atoms with E-state index in [2.05, 4.69) is 11.8 Å². The molecule has 0 bridgehead atoms. The predicted molar refractivity (Wildman–Crippen MR) is 60.4 cm³/mol. The van der Waals surface area contributed by atoms with Crippen LogP contribution in [0.25, 0.3) is 0 Å². The number of hydrogen-bond donors (Lipinski definition) is 3. The summed E-state index contributed by atoms with van der Waals surface area (Å²) in [7, 11) is -4.45. The zero-order valence-corrected chi connectivity index (χ0v) is 10.3. The number of unbranched alkanes of at least 4 members (excludes halogenated alkanes) is 1. The average molecular weight is 262 g/mol. The van der Waals surface area contributed by atoms with E-state index < -0.39 is 25.0 Å². The van der Waals surface area contributed by atoms with Gasteiger partial charge in [0.1, 0.15) is 11.4 Å². The maximum atomic E-state index is 11.0. The Hall–Kier alpha value is -1.15. The molecule has 17 heavy (non-hydrogen) atoms. The van der Waals surface area contributed by atoms with Gasteiger partial charge in [-0.05, 0) is 13.3 Å². The SMILES string of the molecule is CC(=O)C(CC#CCCCC(=O)O)P(=O)(O)O. The van der Waals surface area contributed by atoms with E-state index in [-0.39, 0.29) is 12.8 Å². The molecule has 0 saturated carbocycles. The van der Waals surface area contributed by atoms with E-state index in [1.807, 2.05) is 0 Å². The number of Topliss-reactive ketones (excluding diaryl/α,β-unsaturated/α-hetero) is 1. The van der Waals surface area contributed by atoms with Crippen LogP contribution in [0.3, 0.4) is 0 Å². The van der Waals surface area contributed by atoms with Gasteiger partial charge in [-0.1, -0.05) is 0 Å². The van der Waals surface area contributed by atoms with E-state index in [0.717, 1.165) is 6.92 Å². The molecule has 1 atom stereocenters. The molecule has 0 rings (SSSR count). The Morgan fingerprint density at radius 2 is 1.88 bits per heavy atom. The molecule has 0 heterocycles. The van der Waals surface area contributed by atoms with Crippen molar-refractivity contribution >= 4 is 19.3 Å². The van der Waals surface area contributed by atoms with Crippen LogP contribution in [0, 0.1) is 11.8 Å². The predicted octanol–water partition coefficient (Wildman–Crippen LogP) is 0.770. The maximum absolute atomic E-state index is 11.0. The number of carbonyl (C=O) groups is 2. The highest BCUT2D eigenvalue weighted by Crippen LogP contribution is 2.43. The van der Waals surface area contributed by atoms with Gasteiger partial charge in [0, 0.05) is 19.3 Å². The summed E-state index contributed by atoms with van der Waals surface area (Å²) in [5.74, 6) is 3.57. The molecule has 0 radical (unpaired) electrons. The second-order valence-electron chi connectivity index (χ2n) is 3.52. The average Bonchev–Trinajstić information content (AvgIpc) is 2.13. The van der Waals surface area contributed by atoms with Crippen LogP contribution in [0.5, 0.6) is 0 Å². The number of carboxylic acid groups (broad SMARTS) is 1. The first-order valence-electron chi connectivity index (χ1n) is 4.98. The first kappa shape index (κ1) is 15.9. The van der Waals surface area contributed by atoms with Gasteiger partial charge in [-0.15, -0.1) is 11.8 Å². The zero-order chi connectivity index (χ0) is 13.5. The number of carbonyl (C=O) groups excluding carboxylic acids is 1. The Morgan fingerprint density at radius 1 is 1.29 bits per heavy atom. The number of carboxylic acids is 1. The Kier molecular flexibility index (Phi) is 6.74. The highest BCUT2D eigenvalue weighted by atomic mass is 31.2. The van der Waals surface area contributed by atoms with Crippen molar-refractivity contribution in [1.82, 2.24) is 0 Å². The molecule has 0 saturated heterocycles. The maximum Gasteiger partial charge on any atom is 0.336 e. The summed E-state index contributed by atoms with van der Waals surface area (Å²) in [6.07, 6.45) is 0.511. The lowest BCUT2D eigenvalue weighted by Gasteiger charge is -2.11. The molecule has 0 aromatic carbocycles. The van der Waals surface area contributed by atoms with Crippen LogP contribution >= 0.6 is 7.60 Å². The van der Waals surface area contributed by atoms with Gasteiger partial charge in [0.25, 0.3) is 0 Å². The van der Waals surface area contributed by atoms with E-state index in [9.17, 15) is 14.2 Å². The minimum Gasteiger partial charge on any atom is -0.481 e. The van der Waals surface area contributed by atoms with Crippen molar-refractivity contribution in [3.8, 4) is 11.8 Å². The van der Waals surface area contributed by atoms with Crippen molar-refractivity contribution in [1.29, 1.82) is 0 Å².